The maximum absolute atomic E-state index is 6.42. The van der Waals surface area contributed by atoms with Crippen LogP contribution in [0.3, 0.4) is 0 Å². The summed E-state index contributed by atoms with van der Waals surface area (Å²) in [4.78, 5) is 0. The maximum atomic E-state index is 6.42. The smallest absolute Gasteiger partial charge is 0.0714 e. The van der Waals surface area contributed by atoms with Crippen LogP contribution in [0, 0.1) is 41.5 Å². The molecule has 0 saturated heterocycles. The summed E-state index contributed by atoms with van der Waals surface area (Å²) in [6, 6.07) is 22.6. The zero-order valence-electron chi connectivity index (χ0n) is 20.4. The average molecular weight is 433 g/mol. The SMILES string of the molecule is Cc1cc(C2(c3cc(C)c(N)c(C)c3)c3cccc(C)c3-c3c(C)cccc32)cc(C)c1N. The number of hydrogen-bond donors (Lipinski definition) is 2. The number of hydrogen-bond acceptors (Lipinski definition) is 2. The van der Waals surface area contributed by atoms with Gasteiger partial charge in [-0.3, -0.25) is 0 Å². The van der Waals surface area contributed by atoms with E-state index >= 15 is 0 Å². The third-order valence-corrected chi connectivity index (χ3v) is 7.66. The molecule has 5 rings (SSSR count). The highest BCUT2D eigenvalue weighted by Crippen LogP contribution is 2.58. The first-order valence-electron chi connectivity index (χ1n) is 11.6. The Morgan fingerprint density at radius 1 is 0.485 bits per heavy atom. The molecule has 4 aromatic carbocycles. The van der Waals surface area contributed by atoms with Gasteiger partial charge in [0, 0.05) is 11.4 Å². The van der Waals surface area contributed by atoms with Gasteiger partial charge < -0.3 is 11.5 Å². The number of fused-ring (bicyclic) bond motifs is 3. The first kappa shape index (κ1) is 21.3. The largest absolute Gasteiger partial charge is 0.398 e. The van der Waals surface area contributed by atoms with E-state index in [-0.39, 0.29) is 0 Å². The van der Waals surface area contributed by atoms with Gasteiger partial charge in [0.2, 0.25) is 0 Å². The molecule has 166 valence electrons. The van der Waals surface area contributed by atoms with Crippen molar-refractivity contribution in [1.82, 2.24) is 0 Å². The van der Waals surface area contributed by atoms with Crippen molar-refractivity contribution in [3.63, 3.8) is 0 Å². The molecule has 0 saturated carbocycles. The van der Waals surface area contributed by atoms with Gasteiger partial charge in [0.05, 0.1) is 5.41 Å². The van der Waals surface area contributed by atoms with E-state index in [2.05, 4.69) is 102 Å². The van der Waals surface area contributed by atoms with E-state index in [1.165, 1.54) is 44.5 Å². The molecule has 0 bridgehead atoms. The summed E-state index contributed by atoms with van der Waals surface area (Å²) in [5.41, 5.74) is 29.1. The monoisotopic (exact) mass is 432 g/mol. The summed E-state index contributed by atoms with van der Waals surface area (Å²) in [5.74, 6) is 0. The molecule has 4 aromatic rings. The van der Waals surface area contributed by atoms with E-state index in [0.29, 0.717) is 0 Å². The molecule has 0 aromatic heterocycles. The van der Waals surface area contributed by atoms with E-state index < -0.39 is 5.41 Å². The zero-order chi connectivity index (χ0) is 23.7. The summed E-state index contributed by atoms with van der Waals surface area (Å²) in [6.45, 7) is 12.9. The van der Waals surface area contributed by atoms with Crippen molar-refractivity contribution in [1.29, 1.82) is 0 Å². The van der Waals surface area contributed by atoms with Crippen LogP contribution in [0.15, 0.2) is 60.7 Å². The highest BCUT2D eigenvalue weighted by molar-refractivity contribution is 5.90. The van der Waals surface area contributed by atoms with Gasteiger partial charge >= 0.3 is 0 Å². The van der Waals surface area contributed by atoms with Crippen molar-refractivity contribution in [2.75, 3.05) is 11.5 Å². The third kappa shape index (κ3) is 2.80. The van der Waals surface area contributed by atoms with Crippen LogP contribution in [0.25, 0.3) is 11.1 Å². The molecule has 2 nitrogen and oxygen atoms in total. The van der Waals surface area contributed by atoms with Gasteiger partial charge in [0.15, 0.2) is 0 Å². The molecule has 0 atom stereocenters. The molecule has 4 N–H and O–H groups in total. The summed E-state index contributed by atoms with van der Waals surface area (Å²) in [7, 11) is 0. The topological polar surface area (TPSA) is 52.0 Å². The molecule has 0 unspecified atom stereocenters. The highest BCUT2D eigenvalue weighted by atomic mass is 14.6. The Hall–Kier alpha value is -3.52. The Morgan fingerprint density at radius 3 is 1.15 bits per heavy atom. The maximum Gasteiger partial charge on any atom is 0.0714 e. The first-order chi connectivity index (χ1) is 15.7. The Balaban J connectivity index is 2.05. The molecule has 0 heterocycles. The number of aryl methyl sites for hydroxylation is 6. The van der Waals surface area contributed by atoms with Crippen LogP contribution in [0.4, 0.5) is 11.4 Å². The van der Waals surface area contributed by atoms with Gasteiger partial charge in [-0.15, -0.1) is 0 Å². The van der Waals surface area contributed by atoms with Gasteiger partial charge in [-0.1, -0.05) is 60.7 Å². The molecule has 2 heteroatoms. The molecule has 0 amide bonds. The minimum absolute atomic E-state index is 0.435. The van der Waals surface area contributed by atoms with Crippen LogP contribution in [-0.2, 0) is 5.41 Å². The van der Waals surface area contributed by atoms with Gasteiger partial charge in [0.1, 0.15) is 0 Å². The standard InChI is InChI=1S/C31H32N2/c1-17-9-7-11-25-27(17)28-18(2)10-8-12-26(28)31(25,23-13-19(3)29(32)20(4)14-23)24-15-21(5)30(33)22(6)16-24/h7-16H,32-33H2,1-6H3. The van der Waals surface area contributed by atoms with Crippen LogP contribution >= 0.6 is 0 Å². The second-order valence-corrected chi connectivity index (χ2v) is 9.79. The number of benzene rings is 4. The number of anilines is 2. The normalized spacial score (nSPS) is 13.6. The Labute approximate surface area is 197 Å². The molecule has 0 aliphatic heterocycles. The molecule has 1 aliphatic carbocycles. The molecular weight excluding hydrogens is 400 g/mol. The van der Waals surface area contributed by atoms with E-state index in [4.69, 9.17) is 11.5 Å². The molecule has 0 spiro atoms. The van der Waals surface area contributed by atoms with Gasteiger partial charge in [0.25, 0.3) is 0 Å². The lowest BCUT2D eigenvalue weighted by atomic mass is 9.66. The van der Waals surface area contributed by atoms with Crippen molar-refractivity contribution in [2.24, 2.45) is 0 Å². The Morgan fingerprint density at radius 2 is 0.818 bits per heavy atom. The molecule has 0 fully saturated rings. The molecule has 0 radical (unpaired) electrons. The molecule has 1 aliphatic rings. The zero-order valence-corrected chi connectivity index (χ0v) is 20.4. The number of rotatable bonds is 2. The quantitative estimate of drug-likeness (QED) is 0.293. The second kappa shape index (κ2) is 7.25. The van der Waals surface area contributed by atoms with Crippen LogP contribution in [0.1, 0.15) is 55.6 Å². The number of nitrogens with two attached hydrogens (primary N) is 2. The van der Waals surface area contributed by atoms with Crippen molar-refractivity contribution in [2.45, 2.75) is 47.0 Å². The minimum Gasteiger partial charge on any atom is -0.398 e. The van der Waals surface area contributed by atoms with Crippen molar-refractivity contribution in [3.05, 3.63) is 116 Å². The number of nitrogen functional groups attached to an aromatic ring is 2. The predicted molar refractivity (Wildman–Crippen MR) is 141 cm³/mol. The van der Waals surface area contributed by atoms with Crippen LogP contribution in [-0.4, -0.2) is 0 Å². The Bertz CT molecular complexity index is 1280. The Kier molecular flexibility index (Phi) is 4.68. The van der Waals surface area contributed by atoms with E-state index in [9.17, 15) is 0 Å². The van der Waals surface area contributed by atoms with E-state index in [1.807, 2.05) is 0 Å². The van der Waals surface area contributed by atoms with E-state index in [0.717, 1.165) is 33.6 Å². The fraction of sp³-hybridized carbons (Fsp3) is 0.226. The van der Waals surface area contributed by atoms with Gasteiger partial charge in [-0.05, 0) is 108 Å². The van der Waals surface area contributed by atoms with Gasteiger partial charge in [-0.2, -0.15) is 0 Å². The van der Waals surface area contributed by atoms with E-state index in [1.54, 1.807) is 0 Å². The minimum atomic E-state index is -0.435. The summed E-state index contributed by atoms with van der Waals surface area (Å²) in [5, 5.41) is 0. The highest BCUT2D eigenvalue weighted by Gasteiger charge is 2.47. The first-order valence-corrected chi connectivity index (χ1v) is 11.6. The lowest BCUT2D eigenvalue weighted by Gasteiger charge is -2.35. The summed E-state index contributed by atoms with van der Waals surface area (Å²) < 4.78 is 0. The molecular formula is C31H32N2. The van der Waals surface area contributed by atoms with Crippen LogP contribution in [0.2, 0.25) is 0 Å². The van der Waals surface area contributed by atoms with Crippen LogP contribution < -0.4 is 11.5 Å². The third-order valence-electron chi connectivity index (χ3n) is 7.66. The lowest BCUT2D eigenvalue weighted by Crippen LogP contribution is -2.29. The fourth-order valence-electron chi connectivity index (χ4n) is 5.94. The lowest BCUT2D eigenvalue weighted by molar-refractivity contribution is 0.763. The fourth-order valence-corrected chi connectivity index (χ4v) is 5.94. The summed E-state index contributed by atoms with van der Waals surface area (Å²) in [6.07, 6.45) is 0. The van der Waals surface area contributed by atoms with Crippen molar-refractivity contribution < 1.29 is 0 Å². The molecule has 33 heavy (non-hydrogen) atoms. The summed E-state index contributed by atoms with van der Waals surface area (Å²) >= 11 is 0. The predicted octanol–water partition coefficient (Wildman–Crippen LogP) is 7.06. The van der Waals surface area contributed by atoms with Gasteiger partial charge in [-0.25, -0.2) is 0 Å². The van der Waals surface area contributed by atoms with Crippen molar-refractivity contribution in [3.8, 4) is 11.1 Å². The van der Waals surface area contributed by atoms with Crippen molar-refractivity contribution >= 4 is 11.4 Å². The average Bonchev–Trinajstić information content (AvgIpc) is 3.08. The van der Waals surface area contributed by atoms with Crippen LogP contribution in [0.5, 0.6) is 0 Å². The second-order valence-electron chi connectivity index (χ2n) is 9.79.